The molecule has 0 unspecified atom stereocenters. The van der Waals surface area contributed by atoms with E-state index < -0.39 is 0 Å². The molecule has 4 rings (SSSR count). The maximum absolute atomic E-state index is 12.5. The molecule has 132 valence electrons. The van der Waals surface area contributed by atoms with Crippen LogP contribution in [0, 0.1) is 0 Å². The van der Waals surface area contributed by atoms with Gasteiger partial charge in [-0.2, -0.15) is 0 Å². The topological polar surface area (TPSA) is 81.9 Å². The van der Waals surface area contributed by atoms with Crippen molar-refractivity contribution in [3.8, 4) is 17.1 Å². The van der Waals surface area contributed by atoms with Gasteiger partial charge in [-0.3, -0.25) is 9.78 Å². The van der Waals surface area contributed by atoms with Gasteiger partial charge >= 0.3 is 0 Å². The number of hydrogen-bond donors (Lipinski definition) is 1. The van der Waals surface area contributed by atoms with E-state index in [1.54, 1.807) is 18.7 Å². The largest absolute Gasteiger partial charge is 0.493 e. The lowest BCUT2D eigenvalue weighted by atomic mass is 9.90. The Balaban J connectivity index is 1.47. The lowest BCUT2D eigenvalue weighted by Gasteiger charge is -2.25. The van der Waals surface area contributed by atoms with Gasteiger partial charge < -0.3 is 14.6 Å². The number of carbonyl (C=O) groups excluding carboxylic acids is 1. The summed E-state index contributed by atoms with van der Waals surface area (Å²) in [5, 5.41) is 10.9. The number of para-hydroxylation sites is 1. The number of anilines is 1. The molecule has 7 nitrogen and oxygen atoms in total. The molecular weight excluding hydrogens is 330 g/mol. The van der Waals surface area contributed by atoms with Gasteiger partial charge in [-0.05, 0) is 30.0 Å². The van der Waals surface area contributed by atoms with Crippen LogP contribution in [0.3, 0.4) is 0 Å². The molecule has 1 atom stereocenters. The number of amides is 1. The predicted molar refractivity (Wildman–Crippen MR) is 96.8 cm³/mol. The number of nitrogens with zero attached hydrogens (tertiary/aromatic N) is 4. The van der Waals surface area contributed by atoms with Crippen molar-refractivity contribution in [3.05, 3.63) is 54.6 Å². The second kappa shape index (κ2) is 6.95. The lowest BCUT2D eigenvalue weighted by Crippen LogP contribution is -2.20. The van der Waals surface area contributed by atoms with Crippen LogP contribution in [0.4, 0.5) is 5.69 Å². The molecule has 26 heavy (non-hydrogen) atoms. The Labute approximate surface area is 151 Å². The van der Waals surface area contributed by atoms with Crippen LogP contribution in [0.2, 0.25) is 0 Å². The molecule has 1 N–H and O–H groups in total. The summed E-state index contributed by atoms with van der Waals surface area (Å²) < 4.78 is 7.47. The summed E-state index contributed by atoms with van der Waals surface area (Å²) in [7, 11) is 1.86. The standard InChI is InChI=1S/C19H19N5O2/c1-24-12-21-23-19(24)14-8-15(11-20-10-14)22-18(25)9-13-6-7-26-17-5-3-2-4-16(13)17/h2-5,8,10-13H,6-7,9H2,1H3,(H,22,25)/t13-/m1/s1. The van der Waals surface area contributed by atoms with Gasteiger partial charge in [0.05, 0.1) is 18.5 Å². The molecule has 0 saturated heterocycles. The fraction of sp³-hybridized carbons (Fsp3) is 0.263. The average Bonchev–Trinajstić information content (AvgIpc) is 3.08. The van der Waals surface area contributed by atoms with Crippen LogP contribution in [0.25, 0.3) is 11.4 Å². The summed E-state index contributed by atoms with van der Waals surface area (Å²) in [5.74, 6) is 1.70. The lowest BCUT2D eigenvalue weighted by molar-refractivity contribution is -0.116. The summed E-state index contributed by atoms with van der Waals surface area (Å²) >= 11 is 0. The first-order valence-electron chi connectivity index (χ1n) is 8.51. The van der Waals surface area contributed by atoms with E-state index in [9.17, 15) is 4.79 Å². The zero-order chi connectivity index (χ0) is 17.9. The normalized spacial score (nSPS) is 15.8. The number of aromatic nitrogens is 4. The minimum atomic E-state index is -0.0383. The SMILES string of the molecule is Cn1cnnc1-c1cncc(NC(=O)C[C@H]2CCOc3ccccc32)c1. The molecule has 0 fully saturated rings. The third kappa shape index (κ3) is 3.28. The number of nitrogens with one attached hydrogen (secondary N) is 1. The molecule has 0 saturated carbocycles. The van der Waals surface area contributed by atoms with Crippen molar-refractivity contribution in [3.63, 3.8) is 0 Å². The van der Waals surface area contributed by atoms with Crippen LogP contribution in [-0.4, -0.2) is 32.3 Å². The molecule has 1 aliphatic heterocycles. The molecule has 3 aromatic rings. The highest BCUT2D eigenvalue weighted by molar-refractivity contribution is 5.91. The van der Waals surface area contributed by atoms with Crippen molar-refractivity contribution in [2.24, 2.45) is 7.05 Å². The summed E-state index contributed by atoms with van der Waals surface area (Å²) in [6.07, 6.45) is 6.21. The zero-order valence-electron chi connectivity index (χ0n) is 14.4. The molecule has 0 spiro atoms. The summed E-state index contributed by atoms with van der Waals surface area (Å²) in [5.41, 5.74) is 2.55. The van der Waals surface area contributed by atoms with Crippen LogP contribution in [0.15, 0.2) is 49.1 Å². The van der Waals surface area contributed by atoms with Crippen molar-refractivity contribution in [1.82, 2.24) is 19.7 Å². The van der Waals surface area contributed by atoms with Gasteiger partial charge in [0.25, 0.3) is 0 Å². The van der Waals surface area contributed by atoms with Gasteiger partial charge in [-0.1, -0.05) is 18.2 Å². The van der Waals surface area contributed by atoms with Crippen LogP contribution >= 0.6 is 0 Å². The molecule has 1 aliphatic rings. The third-order valence-electron chi connectivity index (χ3n) is 4.51. The number of carbonyl (C=O) groups is 1. The Morgan fingerprint density at radius 1 is 1.35 bits per heavy atom. The molecule has 3 heterocycles. The van der Waals surface area contributed by atoms with Gasteiger partial charge in [-0.25, -0.2) is 0 Å². The van der Waals surface area contributed by atoms with E-state index in [-0.39, 0.29) is 11.8 Å². The third-order valence-corrected chi connectivity index (χ3v) is 4.51. The Bertz CT molecular complexity index is 937. The smallest absolute Gasteiger partial charge is 0.225 e. The number of pyridine rings is 1. The van der Waals surface area contributed by atoms with Gasteiger partial charge in [0.1, 0.15) is 12.1 Å². The molecule has 2 aromatic heterocycles. The van der Waals surface area contributed by atoms with E-state index in [0.717, 1.165) is 23.3 Å². The second-order valence-corrected chi connectivity index (χ2v) is 6.35. The number of rotatable bonds is 4. The summed E-state index contributed by atoms with van der Waals surface area (Å²) in [6, 6.07) is 9.76. The van der Waals surface area contributed by atoms with Gasteiger partial charge in [0.15, 0.2) is 5.82 Å². The van der Waals surface area contributed by atoms with E-state index in [0.29, 0.717) is 24.5 Å². The monoisotopic (exact) mass is 349 g/mol. The maximum atomic E-state index is 12.5. The minimum Gasteiger partial charge on any atom is -0.493 e. The molecule has 1 amide bonds. The van der Waals surface area contributed by atoms with E-state index in [1.165, 1.54) is 0 Å². The first kappa shape index (κ1) is 16.3. The first-order chi connectivity index (χ1) is 12.7. The molecule has 1 aromatic carbocycles. The van der Waals surface area contributed by atoms with Crippen LogP contribution < -0.4 is 10.1 Å². The highest BCUT2D eigenvalue weighted by Crippen LogP contribution is 2.35. The fourth-order valence-corrected chi connectivity index (χ4v) is 3.24. The average molecular weight is 349 g/mol. The molecule has 0 aliphatic carbocycles. The Morgan fingerprint density at radius 2 is 2.23 bits per heavy atom. The van der Waals surface area contributed by atoms with Crippen molar-refractivity contribution in [2.45, 2.75) is 18.8 Å². The Hall–Kier alpha value is -3.22. The van der Waals surface area contributed by atoms with Gasteiger partial charge in [-0.15, -0.1) is 10.2 Å². The van der Waals surface area contributed by atoms with Crippen molar-refractivity contribution in [2.75, 3.05) is 11.9 Å². The van der Waals surface area contributed by atoms with Crippen LogP contribution in [0.5, 0.6) is 5.75 Å². The number of ether oxygens (including phenoxy) is 1. The van der Waals surface area contributed by atoms with Crippen molar-refractivity contribution >= 4 is 11.6 Å². The van der Waals surface area contributed by atoms with Gasteiger partial charge in [0, 0.05) is 25.2 Å². The van der Waals surface area contributed by atoms with Crippen LogP contribution in [0.1, 0.15) is 24.3 Å². The Kier molecular flexibility index (Phi) is 4.35. The second-order valence-electron chi connectivity index (χ2n) is 6.35. The number of aryl methyl sites for hydroxylation is 1. The van der Waals surface area contributed by atoms with Crippen molar-refractivity contribution in [1.29, 1.82) is 0 Å². The summed E-state index contributed by atoms with van der Waals surface area (Å²) in [4.78, 5) is 16.7. The molecule has 0 radical (unpaired) electrons. The fourth-order valence-electron chi connectivity index (χ4n) is 3.24. The molecule has 7 heteroatoms. The Morgan fingerprint density at radius 3 is 3.08 bits per heavy atom. The van der Waals surface area contributed by atoms with Crippen LogP contribution in [-0.2, 0) is 11.8 Å². The predicted octanol–water partition coefficient (Wildman–Crippen LogP) is 2.77. The zero-order valence-corrected chi connectivity index (χ0v) is 14.4. The minimum absolute atomic E-state index is 0.0383. The number of benzene rings is 1. The quantitative estimate of drug-likeness (QED) is 0.783. The van der Waals surface area contributed by atoms with E-state index in [4.69, 9.17) is 4.74 Å². The molecule has 0 bridgehead atoms. The number of hydrogen-bond acceptors (Lipinski definition) is 5. The van der Waals surface area contributed by atoms with Gasteiger partial charge in [0.2, 0.25) is 5.91 Å². The first-order valence-corrected chi connectivity index (χ1v) is 8.51. The highest BCUT2D eigenvalue weighted by atomic mass is 16.5. The van der Waals surface area contributed by atoms with E-state index in [2.05, 4.69) is 20.5 Å². The molecular formula is C19H19N5O2. The van der Waals surface area contributed by atoms with Crippen molar-refractivity contribution < 1.29 is 9.53 Å². The number of fused-ring (bicyclic) bond motifs is 1. The highest BCUT2D eigenvalue weighted by Gasteiger charge is 2.23. The maximum Gasteiger partial charge on any atom is 0.225 e. The summed E-state index contributed by atoms with van der Waals surface area (Å²) in [6.45, 7) is 0.637. The van der Waals surface area contributed by atoms with E-state index >= 15 is 0 Å². The van der Waals surface area contributed by atoms with E-state index in [1.807, 2.05) is 41.9 Å².